The van der Waals surface area contributed by atoms with Crippen molar-refractivity contribution in [2.75, 3.05) is 26.7 Å². The van der Waals surface area contributed by atoms with Crippen molar-refractivity contribution >= 4 is 22.7 Å². The summed E-state index contributed by atoms with van der Waals surface area (Å²) < 4.78 is 23.6. The maximum atomic E-state index is 12.5. The van der Waals surface area contributed by atoms with Gasteiger partial charge in [-0.15, -0.1) is 0 Å². The van der Waals surface area contributed by atoms with E-state index in [9.17, 15) is 9.59 Å². The zero-order valence-corrected chi connectivity index (χ0v) is 18.3. The van der Waals surface area contributed by atoms with Gasteiger partial charge < -0.3 is 14.6 Å². The van der Waals surface area contributed by atoms with Gasteiger partial charge in [-0.3, -0.25) is 14.5 Å². The van der Waals surface area contributed by atoms with Gasteiger partial charge in [0, 0.05) is 32.4 Å². The Kier molecular flexibility index (Phi) is 5.07. The average molecular weight is 434 g/mol. The Morgan fingerprint density at radius 2 is 1.91 bits per heavy atom. The van der Waals surface area contributed by atoms with E-state index < -0.39 is 6.37 Å². The number of aromatic nitrogens is 1. The molecule has 2 aliphatic rings. The number of carbonyl (C=O) groups excluding carboxylic acids is 2. The quantitative estimate of drug-likeness (QED) is 0.426. The van der Waals surface area contributed by atoms with E-state index in [1.807, 2.05) is 25.2 Å². The molecular weight excluding hydrogens is 402 g/mol. The molecule has 0 spiro atoms. The van der Waals surface area contributed by atoms with Crippen LogP contribution in [0.4, 0.5) is 0 Å². The van der Waals surface area contributed by atoms with Gasteiger partial charge in [-0.2, -0.15) is 0 Å². The molecule has 3 heterocycles. The molecule has 1 fully saturated rings. The van der Waals surface area contributed by atoms with Gasteiger partial charge in [-0.1, -0.05) is 12.1 Å². The smallest absolute Gasteiger partial charge is 0.261 e. The van der Waals surface area contributed by atoms with Crippen LogP contribution < -0.4 is 4.74 Å². The number of H-pyrrole nitrogens is 1. The van der Waals surface area contributed by atoms with E-state index in [1.165, 1.54) is 4.90 Å². The molecule has 166 valence electrons. The molecule has 6 nitrogen and oxygen atoms in total. The van der Waals surface area contributed by atoms with Crippen molar-refractivity contribution in [3.8, 4) is 5.75 Å². The molecule has 0 saturated carbocycles. The molecule has 2 amide bonds. The predicted molar refractivity (Wildman–Crippen MR) is 124 cm³/mol. The number of nitrogens with zero attached hydrogens (tertiary/aromatic N) is 2. The molecule has 0 radical (unpaired) electrons. The lowest BCUT2D eigenvalue weighted by atomic mass is 10.0. The van der Waals surface area contributed by atoms with E-state index in [2.05, 4.69) is 9.88 Å². The highest BCUT2D eigenvalue weighted by Gasteiger charge is 2.34. The average Bonchev–Trinajstić information content (AvgIpc) is 3.52. The van der Waals surface area contributed by atoms with Crippen LogP contribution in [-0.4, -0.2) is 59.4 Å². The largest absolute Gasteiger partial charge is 0.494 e. The Balaban J connectivity index is 1.19. The minimum atomic E-state index is -1.46. The molecule has 5 rings (SSSR count). The zero-order chi connectivity index (χ0) is 23.9. The summed E-state index contributed by atoms with van der Waals surface area (Å²) in [6, 6.07) is 12.5. The van der Waals surface area contributed by atoms with E-state index in [0.717, 1.165) is 30.3 Å². The molecule has 2 aliphatic heterocycles. The third-order valence-corrected chi connectivity index (χ3v) is 6.42. The van der Waals surface area contributed by atoms with Gasteiger partial charge in [0.2, 0.25) is 0 Å². The van der Waals surface area contributed by atoms with Gasteiger partial charge in [0.1, 0.15) is 5.75 Å². The Morgan fingerprint density at radius 1 is 1.12 bits per heavy atom. The zero-order valence-electron chi connectivity index (χ0n) is 20.3. The van der Waals surface area contributed by atoms with E-state index >= 15 is 0 Å². The Hall–Kier alpha value is -3.12. The molecule has 32 heavy (non-hydrogen) atoms. The first-order chi connectivity index (χ1) is 16.4. The first-order valence-corrected chi connectivity index (χ1v) is 11.3. The highest BCUT2D eigenvalue weighted by molar-refractivity contribution is 6.21. The van der Waals surface area contributed by atoms with Crippen LogP contribution in [0.2, 0.25) is 0 Å². The standard InChI is InChI=1S/C26H29N3O3/c1-28-12-6-7-19(28)15-18-17-27-24-11-10-20(16-23(18)24)32-14-5-4-13-29-25(30)21-8-2-3-9-22(21)26(29)31/h2-3,8-11,16-17,19,27H,4-7,12-15H2,1H3/t19-/m1/s1/i15D2. The maximum Gasteiger partial charge on any atom is 0.261 e. The number of fused-ring (bicyclic) bond motifs is 2. The van der Waals surface area contributed by atoms with Crippen LogP contribution in [0.15, 0.2) is 48.7 Å². The van der Waals surface area contributed by atoms with Crippen molar-refractivity contribution in [1.29, 1.82) is 0 Å². The van der Waals surface area contributed by atoms with E-state index in [1.54, 1.807) is 30.5 Å². The summed E-state index contributed by atoms with van der Waals surface area (Å²) in [5.41, 5.74) is 2.50. The third-order valence-electron chi connectivity index (χ3n) is 6.42. The molecule has 1 N–H and O–H groups in total. The lowest BCUT2D eigenvalue weighted by Crippen LogP contribution is -2.30. The summed E-state index contributed by atoms with van der Waals surface area (Å²) in [5, 5.41) is 0.842. The summed E-state index contributed by atoms with van der Waals surface area (Å²) in [5.74, 6) is 0.230. The van der Waals surface area contributed by atoms with Crippen molar-refractivity contribution in [3.63, 3.8) is 0 Å². The fraction of sp³-hybridized carbons (Fsp3) is 0.385. The van der Waals surface area contributed by atoms with Crippen LogP contribution in [0.25, 0.3) is 10.9 Å². The second kappa shape index (κ2) is 8.79. The number of likely N-dealkylation sites (N-methyl/N-ethyl adjacent to an activating group) is 1. The van der Waals surface area contributed by atoms with Gasteiger partial charge in [0.05, 0.1) is 17.7 Å². The number of nitrogens with one attached hydrogen (secondary N) is 1. The molecule has 1 saturated heterocycles. The highest BCUT2D eigenvalue weighted by atomic mass is 16.5. The summed E-state index contributed by atoms with van der Waals surface area (Å²) in [6.45, 7) is 1.74. The third kappa shape index (κ3) is 3.91. The van der Waals surface area contributed by atoms with Crippen molar-refractivity contribution in [1.82, 2.24) is 14.8 Å². The number of imide groups is 1. The summed E-state index contributed by atoms with van der Waals surface area (Å²) in [7, 11) is 1.99. The van der Waals surface area contributed by atoms with Gasteiger partial charge >= 0.3 is 0 Å². The fourth-order valence-corrected chi connectivity index (χ4v) is 4.59. The molecule has 3 aromatic rings. The van der Waals surface area contributed by atoms with Crippen LogP contribution in [-0.2, 0) is 6.37 Å². The van der Waals surface area contributed by atoms with Crippen LogP contribution in [0.5, 0.6) is 5.75 Å². The normalized spacial score (nSPS) is 20.0. The molecule has 1 atom stereocenters. The van der Waals surface area contributed by atoms with Gasteiger partial charge in [0.15, 0.2) is 0 Å². The molecule has 6 heteroatoms. The predicted octanol–water partition coefficient (Wildman–Crippen LogP) is 4.26. The molecule has 0 aliphatic carbocycles. The highest BCUT2D eigenvalue weighted by Crippen LogP contribution is 2.28. The number of likely N-dealkylation sites (tertiary alicyclic amines) is 1. The van der Waals surface area contributed by atoms with Crippen molar-refractivity contribution < 1.29 is 17.1 Å². The number of benzene rings is 2. The fourth-order valence-electron chi connectivity index (χ4n) is 4.59. The van der Waals surface area contributed by atoms with E-state index in [4.69, 9.17) is 7.48 Å². The van der Waals surface area contributed by atoms with Crippen molar-refractivity contribution in [3.05, 3.63) is 65.4 Å². The monoisotopic (exact) mass is 433 g/mol. The second-order valence-electron chi connectivity index (χ2n) is 8.56. The molecule has 0 unspecified atom stereocenters. The maximum absolute atomic E-state index is 12.5. The molecule has 1 aromatic heterocycles. The number of unbranched alkanes of at least 4 members (excludes halogenated alkanes) is 1. The van der Waals surface area contributed by atoms with Crippen LogP contribution >= 0.6 is 0 Å². The summed E-state index contributed by atoms with van der Waals surface area (Å²) in [6.07, 6.45) is 3.52. The lowest BCUT2D eigenvalue weighted by Gasteiger charge is -2.18. The Labute approximate surface area is 191 Å². The molecular formula is C26H29N3O3. The lowest BCUT2D eigenvalue weighted by molar-refractivity contribution is 0.0649. The van der Waals surface area contributed by atoms with E-state index in [-0.39, 0.29) is 17.9 Å². The van der Waals surface area contributed by atoms with Gasteiger partial charge in [-0.25, -0.2) is 0 Å². The van der Waals surface area contributed by atoms with Gasteiger partial charge in [-0.05, 0) is 81.5 Å². The number of hydrogen-bond donors (Lipinski definition) is 1. The van der Waals surface area contributed by atoms with Crippen molar-refractivity contribution in [2.24, 2.45) is 0 Å². The van der Waals surface area contributed by atoms with Crippen LogP contribution in [0.3, 0.4) is 0 Å². The Bertz CT molecular complexity index is 1200. The first-order valence-electron chi connectivity index (χ1n) is 12.3. The van der Waals surface area contributed by atoms with Crippen LogP contribution in [0, 0.1) is 0 Å². The number of amides is 2. The molecule has 0 bridgehead atoms. The SMILES string of the molecule is [2H]C([2H])(c1c[nH]c2ccc(OCCCCN3C(=O)c4ccccc4C3=O)cc12)[C@H]1CCCN1C. The Morgan fingerprint density at radius 3 is 2.62 bits per heavy atom. The summed E-state index contributed by atoms with van der Waals surface area (Å²) >= 11 is 0. The van der Waals surface area contributed by atoms with Gasteiger partial charge in [0.25, 0.3) is 11.8 Å². The number of carbonyl (C=O) groups is 2. The number of ether oxygens (including phenoxy) is 1. The van der Waals surface area contributed by atoms with Crippen LogP contribution in [0.1, 0.15) is 54.7 Å². The first kappa shape index (κ1) is 18.5. The van der Waals surface area contributed by atoms with E-state index in [0.29, 0.717) is 48.4 Å². The number of rotatable bonds is 8. The summed E-state index contributed by atoms with van der Waals surface area (Å²) in [4.78, 5) is 31.5. The van der Waals surface area contributed by atoms with Crippen molar-refractivity contribution in [2.45, 2.75) is 38.1 Å². The number of aromatic amines is 1. The minimum absolute atomic E-state index is 0.141. The topological polar surface area (TPSA) is 65.6 Å². The number of hydrogen-bond acceptors (Lipinski definition) is 4. The minimum Gasteiger partial charge on any atom is -0.494 e. The second-order valence-corrected chi connectivity index (χ2v) is 8.56. The molecule has 2 aromatic carbocycles.